The van der Waals surface area contributed by atoms with E-state index in [4.69, 9.17) is 14.6 Å². The molecule has 0 saturated heterocycles. The molecule has 22 heavy (non-hydrogen) atoms. The van der Waals surface area contributed by atoms with E-state index in [9.17, 15) is 9.59 Å². The van der Waals surface area contributed by atoms with Gasteiger partial charge in [-0.3, -0.25) is 4.79 Å². The molecule has 0 fully saturated rings. The molecule has 7 heteroatoms. The molecule has 0 aliphatic carbocycles. The van der Waals surface area contributed by atoms with E-state index < -0.39 is 5.97 Å². The number of urea groups is 1. The van der Waals surface area contributed by atoms with Crippen LogP contribution in [-0.4, -0.2) is 36.5 Å². The van der Waals surface area contributed by atoms with Crippen molar-refractivity contribution >= 4 is 12.0 Å². The molecular weight excluding hydrogens is 288 g/mol. The molecular formula is C15H20N2O5. The standard InChI is InChI=1S/C15H20N2O5/c1-10(17-15(20)16-7-6-14(18)19)2-3-11-4-5-12-13(8-11)22-9-21-12/h4-5,8,10H,2-3,6-7,9H2,1H3,(H,18,19)(H2,16,17,20). The molecule has 1 unspecified atom stereocenters. The van der Waals surface area contributed by atoms with Crippen molar-refractivity contribution in [1.82, 2.24) is 10.6 Å². The van der Waals surface area contributed by atoms with Crippen LogP contribution in [0.4, 0.5) is 4.79 Å². The Labute approximate surface area is 128 Å². The Morgan fingerprint density at radius 2 is 2.09 bits per heavy atom. The molecule has 1 aliphatic rings. The number of ether oxygens (including phenoxy) is 2. The summed E-state index contributed by atoms with van der Waals surface area (Å²) in [5, 5.41) is 13.8. The summed E-state index contributed by atoms with van der Waals surface area (Å²) in [6.07, 6.45) is 1.48. The van der Waals surface area contributed by atoms with Crippen LogP contribution in [0.25, 0.3) is 0 Å². The smallest absolute Gasteiger partial charge is 0.315 e. The van der Waals surface area contributed by atoms with E-state index in [1.165, 1.54) is 0 Å². The number of rotatable bonds is 7. The summed E-state index contributed by atoms with van der Waals surface area (Å²) in [6.45, 7) is 2.28. The molecule has 3 N–H and O–H groups in total. The minimum Gasteiger partial charge on any atom is -0.481 e. The molecule has 0 saturated carbocycles. The topological polar surface area (TPSA) is 96.9 Å². The maximum atomic E-state index is 11.5. The zero-order chi connectivity index (χ0) is 15.9. The van der Waals surface area contributed by atoms with Gasteiger partial charge < -0.3 is 25.2 Å². The first-order valence-electron chi connectivity index (χ1n) is 7.19. The molecule has 0 bridgehead atoms. The Balaban J connectivity index is 1.70. The number of aryl methyl sites for hydroxylation is 1. The minimum absolute atomic E-state index is 0.0183. The summed E-state index contributed by atoms with van der Waals surface area (Å²) < 4.78 is 10.6. The van der Waals surface area contributed by atoms with Crippen molar-refractivity contribution in [2.75, 3.05) is 13.3 Å². The second-order valence-electron chi connectivity index (χ2n) is 5.17. The molecule has 1 heterocycles. The second kappa shape index (κ2) is 7.53. The van der Waals surface area contributed by atoms with Crippen LogP contribution < -0.4 is 20.1 Å². The average Bonchev–Trinajstić information content (AvgIpc) is 2.92. The van der Waals surface area contributed by atoms with Gasteiger partial charge in [0.15, 0.2) is 11.5 Å². The normalized spacial score (nSPS) is 13.5. The lowest BCUT2D eigenvalue weighted by atomic mass is 10.1. The number of aliphatic carboxylic acids is 1. The Morgan fingerprint density at radius 3 is 2.86 bits per heavy atom. The van der Waals surface area contributed by atoms with E-state index in [0.29, 0.717) is 0 Å². The number of carbonyl (C=O) groups is 2. The molecule has 2 amide bonds. The molecule has 1 aromatic carbocycles. The zero-order valence-corrected chi connectivity index (χ0v) is 12.4. The lowest BCUT2D eigenvalue weighted by Gasteiger charge is -2.14. The molecule has 120 valence electrons. The summed E-state index contributed by atoms with van der Waals surface area (Å²) in [7, 11) is 0. The maximum Gasteiger partial charge on any atom is 0.315 e. The number of carboxylic acids is 1. The number of benzene rings is 1. The highest BCUT2D eigenvalue weighted by Gasteiger charge is 2.14. The fourth-order valence-corrected chi connectivity index (χ4v) is 2.11. The molecule has 7 nitrogen and oxygen atoms in total. The first kappa shape index (κ1) is 15.9. The van der Waals surface area contributed by atoms with Gasteiger partial charge in [0, 0.05) is 12.6 Å². The Kier molecular flexibility index (Phi) is 5.46. The number of hydrogen-bond donors (Lipinski definition) is 3. The van der Waals surface area contributed by atoms with E-state index in [2.05, 4.69) is 10.6 Å². The Morgan fingerprint density at radius 1 is 1.32 bits per heavy atom. The zero-order valence-electron chi connectivity index (χ0n) is 12.4. The van der Waals surface area contributed by atoms with E-state index >= 15 is 0 Å². The number of amides is 2. The van der Waals surface area contributed by atoms with Gasteiger partial charge in [-0.15, -0.1) is 0 Å². The summed E-state index contributed by atoms with van der Waals surface area (Å²) in [5.74, 6) is 0.577. The minimum atomic E-state index is -0.934. The van der Waals surface area contributed by atoms with Crippen molar-refractivity contribution in [3.63, 3.8) is 0 Å². The first-order valence-corrected chi connectivity index (χ1v) is 7.19. The predicted molar refractivity (Wildman–Crippen MR) is 79.1 cm³/mol. The summed E-state index contributed by atoms with van der Waals surface area (Å²) in [5.41, 5.74) is 1.11. The SMILES string of the molecule is CC(CCc1ccc2c(c1)OCO2)NC(=O)NCCC(=O)O. The van der Waals surface area contributed by atoms with Crippen LogP contribution in [-0.2, 0) is 11.2 Å². The Bertz CT molecular complexity index is 547. The van der Waals surface area contributed by atoms with Crippen LogP contribution in [0.15, 0.2) is 18.2 Å². The van der Waals surface area contributed by atoms with Gasteiger partial charge in [-0.1, -0.05) is 6.07 Å². The lowest BCUT2D eigenvalue weighted by Crippen LogP contribution is -2.41. The third kappa shape index (κ3) is 4.83. The highest BCUT2D eigenvalue weighted by molar-refractivity contribution is 5.75. The Hall–Kier alpha value is -2.44. The van der Waals surface area contributed by atoms with Crippen molar-refractivity contribution in [3.8, 4) is 11.5 Å². The number of carbonyl (C=O) groups excluding carboxylic acids is 1. The van der Waals surface area contributed by atoms with Gasteiger partial charge in [0.25, 0.3) is 0 Å². The largest absolute Gasteiger partial charge is 0.481 e. The molecule has 2 rings (SSSR count). The van der Waals surface area contributed by atoms with E-state index in [-0.39, 0.29) is 31.8 Å². The number of nitrogens with one attached hydrogen (secondary N) is 2. The van der Waals surface area contributed by atoms with Crippen molar-refractivity contribution in [2.45, 2.75) is 32.2 Å². The van der Waals surface area contributed by atoms with Crippen molar-refractivity contribution in [2.24, 2.45) is 0 Å². The monoisotopic (exact) mass is 308 g/mol. The summed E-state index contributed by atoms with van der Waals surface area (Å²) >= 11 is 0. The van der Waals surface area contributed by atoms with Crippen LogP contribution in [0.3, 0.4) is 0 Å². The quantitative estimate of drug-likeness (QED) is 0.709. The number of carboxylic acid groups (broad SMARTS) is 1. The average molecular weight is 308 g/mol. The van der Waals surface area contributed by atoms with Gasteiger partial charge >= 0.3 is 12.0 Å². The second-order valence-corrected chi connectivity index (χ2v) is 5.17. The summed E-state index contributed by atoms with van der Waals surface area (Å²) in [6, 6.07) is 5.44. The lowest BCUT2D eigenvalue weighted by molar-refractivity contribution is -0.136. The first-order chi connectivity index (χ1) is 10.5. The van der Waals surface area contributed by atoms with Crippen molar-refractivity contribution in [1.29, 1.82) is 0 Å². The predicted octanol–water partition coefficient (Wildman–Crippen LogP) is 1.51. The van der Waals surface area contributed by atoms with Crippen LogP contribution in [0.5, 0.6) is 11.5 Å². The highest BCUT2D eigenvalue weighted by atomic mass is 16.7. The van der Waals surface area contributed by atoms with Gasteiger partial charge in [0.05, 0.1) is 6.42 Å². The van der Waals surface area contributed by atoms with Crippen molar-refractivity contribution in [3.05, 3.63) is 23.8 Å². The van der Waals surface area contributed by atoms with Crippen LogP contribution in [0.2, 0.25) is 0 Å². The summed E-state index contributed by atoms with van der Waals surface area (Å²) in [4.78, 5) is 21.9. The van der Waals surface area contributed by atoms with Gasteiger partial charge in [-0.2, -0.15) is 0 Å². The van der Waals surface area contributed by atoms with Crippen LogP contribution in [0, 0.1) is 0 Å². The van der Waals surface area contributed by atoms with Gasteiger partial charge in [-0.25, -0.2) is 4.79 Å². The van der Waals surface area contributed by atoms with Crippen LogP contribution in [0.1, 0.15) is 25.3 Å². The third-order valence-corrected chi connectivity index (χ3v) is 3.30. The molecule has 0 aromatic heterocycles. The fourth-order valence-electron chi connectivity index (χ4n) is 2.11. The van der Waals surface area contributed by atoms with E-state index in [1.54, 1.807) is 0 Å². The fraction of sp³-hybridized carbons (Fsp3) is 0.467. The number of fused-ring (bicyclic) bond motifs is 1. The highest BCUT2D eigenvalue weighted by Crippen LogP contribution is 2.32. The molecule has 1 atom stereocenters. The molecule has 0 spiro atoms. The third-order valence-electron chi connectivity index (χ3n) is 3.30. The van der Waals surface area contributed by atoms with Gasteiger partial charge in [0.1, 0.15) is 0 Å². The van der Waals surface area contributed by atoms with Gasteiger partial charge in [0.2, 0.25) is 6.79 Å². The molecule has 1 aromatic rings. The van der Waals surface area contributed by atoms with Crippen LogP contribution >= 0.6 is 0 Å². The van der Waals surface area contributed by atoms with Gasteiger partial charge in [-0.05, 0) is 37.5 Å². The van der Waals surface area contributed by atoms with E-state index in [0.717, 1.165) is 29.9 Å². The van der Waals surface area contributed by atoms with Crippen molar-refractivity contribution < 1.29 is 24.2 Å². The molecule has 0 radical (unpaired) electrons. The number of hydrogen-bond acceptors (Lipinski definition) is 4. The van der Waals surface area contributed by atoms with E-state index in [1.807, 2.05) is 25.1 Å². The maximum absolute atomic E-state index is 11.5. The molecule has 1 aliphatic heterocycles.